The van der Waals surface area contributed by atoms with Gasteiger partial charge in [0.1, 0.15) is 5.54 Å². The van der Waals surface area contributed by atoms with Gasteiger partial charge in [0.15, 0.2) is 0 Å². The molecule has 0 aromatic heterocycles. The first kappa shape index (κ1) is 12.0. The van der Waals surface area contributed by atoms with Crippen LogP contribution in [0.3, 0.4) is 0 Å². The molecule has 0 bridgehead atoms. The van der Waals surface area contributed by atoms with Gasteiger partial charge in [-0.3, -0.25) is 4.90 Å². The number of halogens is 1. The maximum absolute atomic E-state index is 9.64. The molecule has 0 radical (unpaired) electrons. The van der Waals surface area contributed by atoms with Crippen LogP contribution in [-0.2, 0) is 0 Å². The Morgan fingerprint density at radius 1 is 1.44 bits per heavy atom. The zero-order valence-electron chi connectivity index (χ0n) is 10.2. The van der Waals surface area contributed by atoms with E-state index in [4.69, 9.17) is 0 Å². The number of nitrogens with zero attached hydrogens (tertiary/aromatic N) is 2. The SMILES string of the molecule is N#CC1(Nc2cccc(Br)c2)CCN2CCCC21. The number of nitriles is 1. The molecule has 1 aromatic rings. The number of anilines is 1. The van der Waals surface area contributed by atoms with Crippen molar-refractivity contribution in [1.29, 1.82) is 5.26 Å². The number of fused-ring (bicyclic) bond motifs is 1. The monoisotopic (exact) mass is 305 g/mol. The summed E-state index contributed by atoms with van der Waals surface area (Å²) >= 11 is 3.47. The number of nitrogens with one attached hydrogen (secondary N) is 1. The highest BCUT2D eigenvalue weighted by Crippen LogP contribution is 2.38. The van der Waals surface area contributed by atoms with Crippen LogP contribution in [0.2, 0.25) is 0 Å². The van der Waals surface area contributed by atoms with Crippen molar-refractivity contribution in [2.24, 2.45) is 0 Å². The molecule has 4 heteroatoms. The maximum Gasteiger partial charge on any atom is 0.142 e. The fourth-order valence-electron chi connectivity index (χ4n) is 3.27. The third-order valence-corrected chi connectivity index (χ3v) is 4.61. The van der Waals surface area contributed by atoms with Crippen LogP contribution in [0.25, 0.3) is 0 Å². The molecule has 0 aliphatic carbocycles. The van der Waals surface area contributed by atoms with Gasteiger partial charge in [-0.15, -0.1) is 0 Å². The molecule has 1 aromatic carbocycles. The van der Waals surface area contributed by atoms with Gasteiger partial charge in [0.2, 0.25) is 0 Å². The first-order valence-corrected chi connectivity index (χ1v) is 7.22. The largest absolute Gasteiger partial charge is 0.366 e. The molecule has 2 aliphatic heterocycles. The van der Waals surface area contributed by atoms with Crippen molar-refractivity contribution < 1.29 is 0 Å². The molecule has 3 nitrogen and oxygen atoms in total. The van der Waals surface area contributed by atoms with E-state index in [0.29, 0.717) is 6.04 Å². The molecule has 0 saturated carbocycles. The molecule has 0 spiro atoms. The average molecular weight is 306 g/mol. The topological polar surface area (TPSA) is 39.1 Å². The summed E-state index contributed by atoms with van der Waals surface area (Å²) in [6.45, 7) is 2.19. The van der Waals surface area contributed by atoms with Crippen LogP contribution < -0.4 is 5.32 Å². The molecule has 2 saturated heterocycles. The zero-order chi connectivity index (χ0) is 12.6. The second-order valence-corrected chi connectivity index (χ2v) is 6.08. The van der Waals surface area contributed by atoms with Crippen molar-refractivity contribution in [2.45, 2.75) is 30.8 Å². The highest BCUT2D eigenvalue weighted by atomic mass is 79.9. The summed E-state index contributed by atoms with van der Waals surface area (Å²) in [5, 5.41) is 13.1. The lowest BCUT2D eigenvalue weighted by Crippen LogP contribution is -2.46. The van der Waals surface area contributed by atoms with Gasteiger partial charge in [-0.2, -0.15) is 5.26 Å². The van der Waals surface area contributed by atoms with E-state index in [1.165, 1.54) is 6.42 Å². The minimum atomic E-state index is -0.405. The molecule has 94 valence electrons. The maximum atomic E-state index is 9.64. The lowest BCUT2D eigenvalue weighted by atomic mass is 9.90. The van der Waals surface area contributed by atoms with Crippen molar-refractivity contribution in [3.8, 4) is 6.07 Å². The number of benzene rings is 1. The molecule has 1 N–H and O–H groups in total. The van der Waals surface area contributed by atoms with Crippen molar-refractivity contribution in [3.05, 3.63) is 28.7 Å². The van der Waals surface area contributed by atoms with E-state index in [1.54, 1.807) is 0 Å². The number of rotatable bonds is 2. The van der Waals surface area contributed by atoms with Crippen molar-refractivity contribution in [1.82, 2.24) is 4.90 Å². The summed E-state index contributed by atoms with van der Waals surface area (Å²) in [6.07, 6.45) is 3.27. The third kappa shape index (κ3) is 1.92. The molecular weight excluding hydrogens is 290 g/mol. The Balaban J connectivity index is 1.87. The van der Waals surface area contributed by atoms with E-state index in [0.717, 1.165) is 36.1 Å². The predicted octanol–water partition coefficient (Wildman–Crippen LogP) is 2.99. The minimum Gasteiger partial charge on any atom is -0.366 e. The van der Waals surface area contributed by atoms with Crippen LogP contribution in [0.5, 0.6) is 0 Å². The van der Waals surface area contributed by atoms with Crippen molar-refractivity contribution in [2.75, 3.05) is 18.4 Å². The first-order valence-electron chi connectivity index (χ1n) is 6.43. The number of hydrogen-bond acceptors (Lipinski definition) is 3. The summed E-state index contributed by atoms with van der Waals surface area (Å²) in [5.74, 6) is 0. The highest BCUT2D eigenvalue weighted by Gasteiger charge is 2.49. The Morgan fingerprint density at radius 3 is 3.11 bits per heavy atom. The van der Waals surface area contributed by atoms with Crippen LogP contribution >= 0.6 is 15.9 Å². The van der Waals surface area contributed by atoms with Gasteiger partial charge in [0, 0.05) is 22.7 Å². The minimum absolute atomic E-state index is 0.376. The molecule has 2 unspecified atom stereocenters. The first-order chi connectivity index (χ1) is 8.73. The van der Waals surface area contributed by atoms with Gasteiger partial charge >= 0.3 is 0 Å². The van der Waals surface area contributed by atoms with E-state index in [-0.39, 0.29) is 0 Å². The van der Waals surface area contributed by atoms with Gasteiger partial charge in [-0.1, -0.05) is 22.0 Å². The van der Waals surface area contributed by atoms with E-state index < -0.39 is 5.54 Å². The standard InChI is InChI=1S/C14H16BrN3/c15-11-3-1-4-12(9-11)17-14(10-16)6-8-18-7-2-5-13(14)18/h1,3-4,9,13,17H,2,5-8H2. The fraction of sp³-hybridized carbons (Fsp3) is 0.500. The second-order valence-electron chi connectivity index (χ2n) is 5.16. The highest BCUT2D eigenvalue weighted by molar-refractivity contribution is 9.10. The summed E-state index contributed by atoms with van der Waals surface area (Å²) < 4.78 is 1.04. The fourth-order valence-corrected chi connectivity index (χ4v) is 3.67. The predicted molar refractivity (Wildman–Crippen MR) is 75.3 cm³/mol. The third-order valence-electron chi connectivity index (χ3n) is 4.12. The number of hydrogen-bond donors (Lipinski definition) is 1. The van der Waals surface area contributed by atoms with Crippen LogP contribution in [0, 0.1) is 11.3 Å². The van der Waals surface area contributed by atoms with Crippen LogP contribution in [0.15, 0.2) is 28.7 Å². The summed E-state index contributed by atoms with van der Waals surface area (Å²) in [4.78, 5) is 2.45. The van der Waals surface area contributed by atoms with Crippen molar-refractivity contribution >= 4 is 21.6 Å². The normalized spacial score (nSPS) is 31.0. The quantitative estimate of drug-likeness (QED) is 0.913. The Hall–Kier alpha value is -1.05. The van der Waals surface area contributed by atoms with Gasteiger partial charge in [0.05, 0.1) is 6.07 Å². The van der Waals surface area contributed by atoms with Gasteiger partial charge in [0.25, 0.3) is 0 Å². The van der Waals surface area contributed by atoms with Crippen molar-refractivity contribution in [3.63, 3.8) is 0 Å². The van der Waals surface area contributed by atoms with Gasteiger partial charge < -0.3 is 5.32 Å². The lowest BCUT2D eigenvalue weighted by Gasteiger charge is -2.30. The molecule has 2 aliphatic rings. The smallest absolute Gasteiger partial charge is 0.142 e. The Bertz CT molecular complexity index is 496. The Labute approximate surface area is 116 Å². The van der Waals surface area contributed by atoms with Crippen LogP contribution in [0.4, 0.5) is 5.69 Å². The average Bonchev–Trinajstić information content (AvgIpc) is 2.93. The summed E-state index contributed by atoms with van der Waals surface area (Å²) in [6, 6.07) is 11.0. The summed E-state index contributed by atoms with van der Waals surface area (Å²) in [7, 11) is 0. The van der Waals surface area contributed by atoms with Crippen LogP contribution in [-0.4, -0.2) is 29.6 Å². The lowest BCUT2D eigenvalue weighted by molar-refractivity contribution is 0.301. The molecule has 2 atom stereocenters. The molecule has 18 heavy (non-hydrogen) atoms. The molecule has 3 rings (SSSR count). The summed E-state index contributed by atoms with van der Waals surface area (Å²) in [5.41, 5.74) is 0.622. The van der Waals surface area contributed by atoms with E-state index in [1.807, 2.05) is 24.3 Å². The van der Waals surface area contributed by atoms with Gasteiger partial charge in [-0.05, 0) is 44.0 Å². The van der Waals surface area contributed by atoms with E-state index in [2.05, 4.69) is 32.2 Å². The second kappa shape index (κ2) is 4.56. The van der Waals surface area contributed by atoms with E-state index in [9.17, 15) is 5.26 Å². The Morgan fingerprint density at radius 2 is 2.33 bits per heavy atom. The molecule has 2 fully saturated rings. The molecule has 0 amide bonds. The zero-order valence-corrected chi connectivity index (χ0v) is 11.8. The molecule has 2 heterocycles. The van der Waals surface area contributed by atoms with E-state index >= 15 is 0 Å². The Kier molecular flexibility index (Phi) is 3.04. The van der Waals surface area contributed by atoms with Crippen LogP contribution in [0.1, 0.15) is 19.3 Å². The molecular formula is C14H16BrN3. The van der Waals surface area contributed by atoms with Gasteiger partial charge in [-0.25, -0.2) is 0 Å².